The molecule has 37 heavy (non-hydrogen) atoms. The molecule has 0 saturated carbocycles. The lowest BCUT2D eigenvalue weighted by molar-refractivity contribution is -0.0155. The van der Waals surface area contributed by atoms with Gasteiger partial charge in [0, 0.05) is 17.3 Å². The molecule has 5 nitrogen and oxygen atoms in total. The van der Waals surface area contributed by atoms with Gasteiger partial charge in [-0.1, -0.05) is 41.9 Å². The molecular weight excluding hydrogens is 498 g/mol. The van der Waals surface area contributed by atoms with Gasteiger partial charge < -0.3 is 14.7 Å². The second-order valence-corrected chi connectivity index (χ2v) is 10.2. The Morgan fingerprint density at radius 3 is 2.11 bits per heavy atom. The summed E-state index contributed by atoms with van der Waals surface area (Å²) in [5.74, 6) is -0.870. The number of ether oxygens (including phenoxy) is 1. The van der Waals surface area contributed by atoms with Gasteiger partial charge >= 0.3 is 6.09 Å². The minimum Gasteiger partial charge on any atom is -0.444 e. The van der Waals surface area contributed by atoms with Crippen LogP contribution in [0.5, 0.6) is 0 Å². The van der Waals surface area contributed by atoms with Crippen molar-refractivity contribution in [3.8, 4) is 0 Å². The molecule has 1 atom stereocenters. The van der Waals surface area contributed by atoms with E-state index in [1.54, 1.807) is 41.3 Å². The van der Waals surface area contributed by atoms with E-state index in [4.69, 9.17) is 16.3 Å². The summed E-state index contributed by atoms with van der Waals surface area (Å²) in [7, 11) is 0. The summed E-state index contributed by atoms with van der Waals surface area (Å²) in [6.07, 6.45) is 1.55. The molecule has 2 fully saturated rings. The quantitative estimate of drug-likeness (QED) is 0.411. The Hall–Kier alpha value is -3.00. The van der Waals surface area contributed by atoms with Crippen molar-refractivity contribution in [2.24, 2.45) is 5.92 Å². The first-order chi connectivity index (χ1) is 17.8. The molecule has 2 saturated heterocycles. The molecule has 0 radical (unpaired) electrons. The number of cyclic esters (lactones) is 1. The van der Waals surface area contributed by atoms with Crippen LogP contribution < -0.4 is 4.90 Å². The number of amides is 1. The normalized spacial score (nSPS) is 19.3. The maximum atomic E-state index is 13.6. The lowest BCUT2D eigenvalue weighted by Gasteiger charge is -2.42. The van der Waals surface area contributed by atoms with Crippen molar-refractivity contribution in [2.45, 2.75) is 31.0 Å². The number of aliphatic hydroxyl groups is 1. The van der Waals surface area contributed by atoms with E-state index in [9.17, 15) is 18.7 Å². The summed E-state index contributed by atoms with van der Waals surface area (Å²) in [6.45, 7) is 2.76. The van der Waals surface area contributed by atoms with Gasteiger partial charge in [-0.15, -0.1) is 0 Å². The van der Waals surface area contributed by atoms with Crippen LogP contribution in [-0.4, -0.2) is 48.4 Å². The monoisotopic (exact) mass is 526 g/mol. The van der Waals surface area contributed by atoms with Crippen LogP contribution in [0.3, 0.4) is 0 Å². The molecule has 0 bridgehead atoms. The molecule has 5 rings (SSSR count). The fraction of sp³-hybridized carbons (Fsp3) is 0.345. The summed E-state index contributed by atoms with van der Waals surface area (Å²) >= 11 is 6.07. The minimum atomic E-state index is -1.36. The molecule has 0 spiro atoms. The standard InChI is InChI=1S/C29H29ClF2N2O3/c30-23-2-1-3-26(18-23)34-19-27(37-28(34)35)14-17-33-15-12-22(13-16-33)29(36,20-4-8-24(31)9-5-20)21-6-10-25(32)11-7-21/h1-11,18,22,27,36H,12-17,19H2. The predicted octanol–water partition coefficient (Wildman–Crippen LogP) is 5.98. The molecule has 3 aromatic rings. The average molecular weight is 527 g/mol. The fourth-order valence-electron chi connectivity index (χ4n) is 5.47. The highest BCUT2D eigenvalue weighted by molar-refractivity contribution is 6.30. The van der Waals surface area contributed by atoms with E-state index in [-0.39, 0.29) is 29.7 Å². The molecule has 2 heterocycles. The highest BCUT2D eigenvalue weighted by Crippen LogP contribution is 2.42. The summed E-state index contributed by atoms with van der Waals surface area (Å²) < 4.78 is 32.8. The van der Waals surface area contributed by atoms with Gasteiger partial charge in [-0.05, 0) is 91.9 Å². The van der Waals surface area contributed by atoms with E-state index in [1.807, 2.05) is 12.1 Å². The summed E-state index contributed by atoms with van der Waals surface area (Å²) in [5, 5.41) is 12.6. The van der Waals surface area contributed by atoms with Crippen molar-refractivity contribution < 1.29 is 23.4 Å². The lowest BCUT2D eigenvalue weighted by Crippen LogP contribution is -2.44. The van der Waals surface area contributed by atoms with Gasteiger partial charge in [0.1, 0.15) is 23.3 Å². The number of likely N-dealkylation sites (tertiary alicyclic amines) is 1. The third kappa shape index (κ3) is 5.49. The fourth-order valence-corrected chi connectivity index (χ4v) is 5.66. The molecule has 8 heteroatoms. The Labute approximate surface area is 220 Å². The molecule has 1 N–H and O–H groups in total. The molecular formula is C29H29ClF2N2O3. The van der Waals surface area contributed by atoms with Gasteiger partial charge in [0.05, 0.1) is 6.54 Å². The first kappa shape index (κ1) is 25.6. The number of hydrogen-bond donors (Lipinski definition) is 1. The van der Waals surface area contributed by atoms with E-state index < -0.39 is 5.60 Å². The van der Waals surface area contributed by atoms with Crippen molar-refractivity contribution >= 4 is 23.4 Å². The average Bonchev–Trinajstić information content (AvgIpc) is 3.28. The highest BCUT2D eigenvalue weighted by Gasteiger charge is 2.42. The first-order valence-corrected chi connectivity index (χ1v) is 12.9. The molecule has 2 aliphatic rings. The highest BCUT2D eigenvalue weighted by atomic mass is 35.5. The maximum Gasteiger partial charge on any atom is 0.414 e. The summed E-state index contributed by atoms with van der Waals surface area (Å²) in [5.41, 5.74) is 0.559. The number of nitrogens with zero attached hydrogens (tertiary/aromatic N) is 2. The second-order valence-electron chi connectivity index (χ2n) is 9.78. The van der Waals surface area contributed by atoms with Gasteiger partial charge in [-0.25, -0.2) is 13.6 Å². The van der Waals surface area contributed by atoms with Crippen LogP contribution in [0.2, 0.25) is 5.02 Å². The number of hydrogen-bond acceptors (Lipinski definition) is 4. The van der Waals surface area contributed by atoms with E-state index in [0.29, 0.717) is 42.0 Å². The third-order valence-electron chi connectivity index (χ3n) is 7.51. The Morgan fingerprint density at radius 2 is 1.54 bits per heavy atom. The van der Waals surface area contributed by atoms with E-state index in [1.165, 1.54) is 24.3 Å². The first-order valence-electron chi connectivity index (χ1n) is 12.5. The van der Waals surface area contributed by atoms with Gasteiger partial charge in [-0.2, -0.15) is 0 Å². The molecule has 1 amide bonds. The number of rotatable bonds is 7. The maximum absolute atomic E-state index is 13.6. The number of carbonyl (C=O) groups is 1. The zero-order valence-corrected chi connectivity index (χ0v) is 21.1. The van der Waals surface area contributed by atoms with Crippen LogP contribution in [0.25, 0.3) is 0 Å². The Balaban J connectivity index is 1.21. The van der Waals surface area contributed by atoms with Crippen molar-refractivity contribution in [3.05, 3.63) is 101 Å². The summed E-state index contributed by atoms with van der Waals surface area (Å²) in [6, 6.07) is 18.9. The topological polar surface area (TPSA) is 53.0 Å². The number of piperidine rings is 1. The van der Waals surface area contributed by atoms with Gasteiger partial charge in [0.25, 0.3) is 0 Å². The van der Waals surface area contributed by atoms with E-state index in [0.717, 1.165) is 25.3 Å². The van der Waals surface area contributed by atoms with Crippen molar-refractivity contribution in [3.63, 3.8) is 0 Å². The second kappa shape index (κ2) is 10.8. The van der Waals surface area contributed by atoms with Crippen molar-refractivity contribution in [2.75, 3.05) is 31.1 Å². The molecule has 3 aromatic carbocycles. The van der Waals surface area contributed by atoms with Crippen molar-refractivity contribution in [1.29, 1.82) is 0 Å². The SMILES string of the molecule is O=C1OC(CCN2CCC(C(O)(c3ccc(F)cc3)c3ccc(F)cc3)CC2)CN1c1cccc(Cl)c1. The van der Waals surface area contributed by atoms with E-state index in [2.05, 4.69) is 4.90 Å². The number of anilines is 1. The molecule has 2 aliphatic heterocycles. The van der Waals surface area contributed by atoms with Gasteiger partial charge in [-0.3, -0.25) is 4.90 Å². The predicted molar refractivity (Wildman–Crippen MR) is 139 cm³/mol. The van der Waals surface area contributed by atoms with Crippen molar-refractivity contribution in [1.82, 2.24) is 4.90 Å². The van der Waals surface area contributed by atoms with Crippen LogP contribution in [0.4, 0.5) is 19.3 Å². The van der Waals surface area contributed by atoms with Crippen LogP contribution >= 0.6 is 11.6 Å². The zero-order chi connectivity index (χ0) is 26.0. The van der Waals surface area contributed by atoms with Crippen LogP contribution in [0.1, 0.15) is 30.4 Å². The van der Waals surface area contributed by atoms with Crippen LogP contribution in [0.15, 0.2) is 72.8 Å². The lowest BCUT2D eigenvalue weighted by atomic mass is 9.72. The number of halogens is 3. The zero-order valence-electron chi connectivity index (χ0n) is 20.3. The molecule has 0 aliphatic carbocycles. The van der Waals surface area contributed by atoms with Crippen LogP contribution in [0, 0.1) is 17.6 Å². The third-order valence-corrected chi connectivity index (χ3v) is 7.74. The largest absolute Gasteiger partial charge is 0.444 e. The number of carbonyl (C=O) groups excluding carboxylic acids is 1. The van der Waals surface area contributed by atoms with Crippen LogP contribution in [-0.2, 0) is 10.3 Å². The molecule has 1 unspecified atom stereocenters. The van der Waals surface area contributed by atoms with E-state index >= 15 is 0 Å². The van der Waals surface area contributed by atoms with Gasteiger partial charge in [0.2, 0.25) is 0 Å². The minimum absolute atomic E-state index is 0.123. The Kier molecular flexibility index (Phi) is 7.47. The number of benzene rings is 3. The Morgan fingerprint density at radius 1 is 0.946 bits per heavy atom. The molecule has 0 aromatic heterocycles. The van der Waals surface area contributed by atoms with Gasteiger partial charge in [0.15, 0.2) is 0 Å². The molecule has 194 valence electrons. The Bertz CT molecular complexity index is 1190. The smallest absolute Gasteiger partial charge is 0.414 e. The summed E-state index contributed by atoms with van der Waals surface area (Å²) in [4.78, 5) is 16.3.